The Morgan fingerprint density at radius 3 is 2.62 bits per heavy atom. The second-order valence-electron chi connectivity index (χ2n) is 8.03. The SMILES string of the molecule is Cc1noc(-c2nc(CC[C@H]3CC[C@H](N)CC3)ncc2Cl)c1CC1CC1. The van der Waals surface area contributed by atoms with Crippen LogP contribution in [0, 0.1) is 18.8 Å². The van der Waals surface area contributed by atoms with E-state index in [1.54, 1.807) is 6.20 Å². The van der Waals surface area contributed by atoms with Crippen molar-refractivity contribution in [1.82, 2.24) is 15.1 Å². The van der Waals surface area contributed by atoms with Crippen molar-refractivity contribution < 1.29 is 4.52 Å². The summed E-state index contributed by atoms with van der Waals surface area (Å²) in [6.45, 7) is 1.99. The van der Waals surface area contributed by atoms with Gasteiger partial charge in [-0.2, -0.15) is 0 Å². The van der Waals surface area contributed by atoms with Gasteiger partial charge in [0.15, 0.2) is 5.76 Å². The van der Waals surface area contributed by atoms with Gasteiger partial charge in [0.1, 0.15) is 11.5 Å². The molecule has 2 aromatic rings. The molecule has 2 aromatic heterocycles. The van der Waals surface area contributed by atoms with Gasteiger partial charge in [-0.05, 0) is 70.1 Å². The summed E-state index contributed by atoms with van der Waals surface area (Å²) in [5.41, 5.74) is 8.80. The van der Waals surface area contributed by atoms with E-state index in [0.29, 0.717) is 16.8 Å². The Balaban J connectivity index is 1.49. The van der Waals surface area contributed by atoms with Crippen molar-refractivity contribution in [2.24, 2.45) is 17.6 Å². The zero-order valence-electron chi connectivity index (χ0n) is 15.4. The summed E-state index contributed by atoms with van der Waals surface area (Å²) in [5, 5.41) is 4.70. The summed E-state index contributed by atoms with van der Waals surface area (Å²) < 4.78 is 5.61. The first kappa shape index (κ1) is 17.9. The molecule has 0 amide bonds. The number of aryl methyl sites for hydroxylation is 2. The normalized spacial score (nSPS) is 23.3. The molecule has 0 spiro atoms. The van der Waals surface area contributed by atoms with Gasteiger partial charge in [-0.1, -0.05) is 16.8 Å². The van der Waals surface area contributed by atoms with E-state index in [1.165, 1.54) is 25.7 Å². The molecule has 0 radical (unpaired) electrons. The van der Waals surface area contributed by atoms with Gasteiger partial charge in [0.05, 0.1) is 10.7 Å². The minimum absolute atomic E-state index is 0.393. The van der Waals surface area contributed by atoms with Crippen LogP contribution in [-0.2, 0) is 12.8 Å². The number of rotatable bonds is 6. The van der Waals surface area contributed by atoms with E-state index in [1.807, 2.05) is 6.92 Å². The Morgan fingerprint density at radius 2 is 1.88 bits per heavy atom. The molecule has 140 valence electrons. The number of hydrogen-bond donors (Lipinski definition) is 1. The number of aromatic nitrogens is 3. The van der Waals surface area contributed by atoms with Crippen LogP contribution in [0.5, 0.6) is 0 Å². The van der Waals surface area contributed by atoms with Gasteiger partial charge in [0, 0.05) is 24.2 Å². The maximum absolute atomic E-state index is 6.40. The van der Waals surface area contributed by atoms with Gasteiger partial charge in [-0.15, -0.1) is 0 Å². The van der Waals surface area contributed by atoms with Gasteiger partial charge in [-0.25, -0.2) is 9.97 Å². The van der Waals surface area contributed by atoms with Crippen molar-refractivity contribution in [2.75, 3.05) is 0 Å². The third kappa shape index (κ3) is 4.09. The van der Waals surface area contributed by atoms with Crippen LogP contribution in [0.3, 0.4) is 0 Å². The van der Waals surface area contributed by atoms with Crippen molar-refractivity contribution in [3.63, 3.8) is 0 Å². The third-order valence-electron chi connectivity index (χ3n) is 5.85. The van der Waals surface area contributed by atoms with Crippen LogP contribution < -0.4 is 5.73 Å². The van der Waals surface area contributed by atoms with E-state index in [0.717, 1.165) is 66.8 Å². The van der Waals surface area contributed by atoms with Gasteiger partial charge in [0.25, 0.3) is 0 Å². The lowest BCUT2D eigenvalue weighted by Gasteiger charge is -2.25. The average molecular weight is 375 g/mol. The summed E-state index contributed by atoms with van der Waals surface area (Å²) in [6.07, 6.45) is 12.0. The number of nitrogens with zero attached hydrogens (tertiary/aromatic N) is 3. The zero-order chi connectivity index (χ0) is 18.1. The molecule has 0 atom stereocenters. The van der Waals surface area contributed by atoms with Crippen molar-refractivity contribution in [3.8, 4) is 11.5 Å². The Hall–Kier alpha value is -1.46. The van der Waals surface area contributed by atoms with Gasteiger partial charge in [-0.3, -0.25) is 0 Å². The van der Waals surface area contributed by atoms with Crippen LogP contribution in [0.1, 0.15) is 62.0 Å². The van der Waals surface area contributed by atoms with Crippen LogP contribution in [0.4, 0.5) is 0 Å². The minimum atomic E-state index is 0.393. The van der Waals surface area contributed by atoms with Crippen molar-refractivity contribution in [1.29, 1.82) is 0 Å². The average Bonchev–Trinajstić information content (AvgIpc) is 3.39. The third-order valence-corrected chi connectivity index (χ3v) is 6.13. The predicted octanol–water partition coefficient (Wildman–Crippen LogP) is 4.50. The minimum Gasteiger partial charge on any atom is -0.354 e. The number of hydrogen-bond acceptors (Lipinski definition) is 5. The van der Waals surface area contributed by atoms with E-state index in [-0.39, 0.29) is 0 Å². The van der Waals surface area contributed by atoms with Crippen molar-refractivity contribution in [2.45, 2.75) is 70.8 Å². The van der Waals surface area contributed by atoms with Crippen LogP contribution in [0.2, 0.25) is 5.02 Å². The van der Waals surface area contributed by atoms with Gasteiger partial charge >= 0.3 is 0 Å². The standard InChI is InChI=1S/C20H27ClN4O/c1-12-16(10-14-2-3-14)20(26-25-12)19-17(21)11-23-18(24-19)9-6-13-4-7-15(22)8-5-13/h11,13-15H,2-10,22H2,1H3/t13-,15-. The van der Waals surface area contributed by atoms with Crippen LogP contribution in [0.15, 0.2) is 10.7 Å². The summed E-state index contributed by atoms with van der Waals surface area (Å²) in [7, 11) is 0. The highest BCUT2D eigenvalue weighted by Gasteiger charge is 2.28. The van der Waals surface area contributed by atoms with Crippen molar-refractivity contribution >= 4 is 11.6 Å². The van der Waals surface area contributed by atoms with Crippen LogP contribution >= 0.6 is 11.6 Å². The maximum atomic E-state index is 6.40. The van der Waals surface area contributed by atoms with Gasteiger partial charge < -0.3 is 10.3 Å². The molecular formula is C20H27ClN4O. The fraction of sp³-hybridized carbons (Fsp3) is 0.650. The zero-order valence-corrected chi connectivity index (χ0v) is 16.1. The topological polar surface area (TPSA) is 77.8 Å². The Kier molecular flexibility index (Phi) is 5.28. The fourth-order valence-electron chi connectivity index (χ4n) is 3.92. The molecule has 4 rings (SSSR count). The lowest BCUT2D eigenvalue weighted by Crippen LogP contribution is -2.26. The summed E-state index contributed by atoms with van der Waals surface area (Å²) >= 11 is 6.40. The first-order chi connectivity index (χ1) is 12.6. The quantitative estimate of drug-likeness (QED) is 0.805. The summed E-state index contributed by atoms with van der Waals surface area (Å²) in [5.74, 6) is 3.05. The van der Waals surface area contributed by atoms with Crippen LogP contribution in [0.25, 0.3) is 11.5 Å². The first-order valence-electron chi connectivity index (χ1n) is 9.82. The predicted molar refractivity (Wildman–Crippen MR) is 102 cm³/mol. The second kappa shape index (κ2) is 7.65. The van der Waals surface area contributed by atoms with E-state index >= 15 is 0 Å². The highest BCUT2D eigenvalue weighted by Crippen LogP contribution is 2.38. The molecular weight excluding hydrogens is 348 g/mol. The van der Waals surface area contributed by atoms with E-state index < -0.39 is 0 Å². The second-order valence-corrected chi connectivity index (χ2v) is 8.43. The number of nitrogens with two attached hydrogens (primary N) is 1. The molecule has 2 aliphatic rings. The van der Waals surface area contributed by atoms with Gasteiger partial charge in [0.2, 0.25) is 0 Å². The molecule has 2 saturated carbocycles. The molecule has 2 aliphatic carbocycles. The first-order valence-corrected chi connectivity index (χ1v) is 10.2. The molecule has 0 aliphatic heterocycles. The highest BCUT2D eigenvalue weighted by molar-refractivity contribution is 6.32. The molecule has 2 fully saturated rings. The molecule has 0 unspecified atom stereocenters. The molecule has 0 aromatic carbocycles. The fourth-order valence-corrected chi connectivity index (χ4v) is 4.10. The lowest BCUT2D eigenvalue weighted by atomic mass is 9.84. The van der Waals surface area contributed by atoms with Crippen LogP contribution in [-0.4, -0.2) is 21.2 Å². The Morgan fingerprint density at radius 1 is 1.15 bits per heavy atom. The molecule has 2 N–H and O–H groups in total. The highest BCUT2D eigenvalue weighted by atomic mass is 35.5. The lowest BCUT2D eigenvalue weighted by molar-refractivity contribution is 0.309. The van der Waals surface area contributed by atoms with E-state index in [9.17, 15) is 0 Å². The number of halogens is 1. The van der Waals surface area contributed by atoms with E-state index in [4.69, 9.17) is 26.8 Å². The largest absolute Gasteiger partial charge is 0.354 e. The Labute approximate surface area is 159 Å². The Bertz CT molecular complexity index is 763. The molecule has 6 heteroatoms. The smallest absolute Gasteiger partial charge is 0.190 e. The van der Waals surface area contributed by atoms with Crippen molar-refractivity contribution in [3.05, 3.63) is 28.3 Å². The summed E-state index contributed by atoms with van der Waals surface area (Å²) in [6, 6.07) is 0.393. The molecule has 0 bridgehead atoms. The monoisotopic (exact) mass is 374 g/mol. The molecule has 0 saturated heterocycles. The summed E-state index contributed by atoms with van der Waals surface area (Å²) in [4.78, 5) is 9.19. The van der Waals surface area contributed by atoms with E-state index in [2.05, 4.69) is 10.1 Å². The molecule has 5 nitrogen and oxygen atoms in total. The molecule has 26 heavy (non-hydrogen) atoms. The maximum Gasteiger partial charge on any atom is 0.190 e. The molecule has 2 heterocycles.